The van der Waals surface area contributed by atoms with Crippen molar-refractivity contribution in [1.29, 1.82) is 0 Å². The number of ether oxygens (including phenoxy) is 1. The minimum Gasteiger partial charge on any atom is -0.490 e. The number of aromatic nitrogens is 2. The van der Waals surface area contributed by atoms with E-state index in [4.69, 9.17) is 4.74 Å². The Bertz CT molecular complexity index is 675. The Kier molecular flexibility index (Phi) is 5.62. The van der Waals surface area contributed by atoms with Gasteiger partial charge in [0.25, 0.3) is 5.91 Å². The molecule has 0 fully saturated rings. The second kappa shape index (κ2) is 7.49. The Morgan fingerprint density at radius 3 is 2.50 bits per heavy atom. The van der Waals surface area contributed by atoms with Gasteiger partial charge in [0.2, 0.25) is 0 Å². The van der Waals surface area contributed by atoms with Gasteiger partial charge >= 0.3 is 0 Å². The Hall–Kier alpha value is -2.34. The van der Waals surface area contributed by atoms with E-state index in [-0.39, 0.29) is 18.1 Å². The van der Waals surface area contributed by atoms with Crippen molar-refractivity contribution >= 4 is 5.91 Å². The maximum atomic E-state index is 12.9. The van der Waals surface area contributed by atoms with Crippen molar-refractivity contribution in [3.8, 4) is 11.4 Å². The molecule has 0 aliphatic heterocycles. The molecule has 0 aliphatic carbocycles. The van der Waals surface area contributed by atoms with Crippen molar-refractivity contribution in [2.45, 2.75) is 33.3 Å². The summed E-state index contributed by atoms with van der Waals surface area (Å²) in [5.74, 6) is 0.193. The summed E-state index contributed by atoms with van der Waals surface area (Å²) < 4.78 is 7.23. The first kappa shape index (κ1) is 18.0. The molecule has 0 unspecified atom stereocenters. The number of carbonyl (C=O) groups is 1. The van der Waals surface area contributed by atoms with Crippen LogP contribution >= 0.6 is 0 Å². The minimum atomic E-state index is -0.973. The van der Waals surface area contributed by atoms with Gasteiger partial charge in [-0.1, -0.05) is 18.2 Å². The number of hydrogen-bond acceptors (Lipinski definition) is 4. The molecule has 1 N–H and O–H groups in total. The van der Waals surface area contributed by atoms with Crippen molar-refractivity contribution in [2.24, 2.45) is 0 Å². The van der Waals surface area contributed by atoms with Crippen LogP contribution in [0.25, 0.3) is 5.69 Å². The lowest BCUT2D eigenvalue weighted by Gasteiger charge is -2.27. The third-order valence-electron chi connectivity index (χ3n) is 3.45. The summed E-state index contributed by atoms with van der Waals surface area (Å²) in [6, 6.07) is 9.55. The molecule has 2 rings (SSSR count). The van der Waals surface area contributed by atoms with Crippen molar-refractivity contribution in [1.82, 2.24) is 14.7 Å². The molecule has 6 heteroatoms. The molecular formula is C18H25N3O3. The zero-order chi connectivity index (χ0) is 17.7. The quantitative estimate of drug-likeness (QED) is 0.846. The number of nitrogens with zero attached hydrogens (tertiary/aromatic N) is 3. The van der Waals surface area contributed by atoms with Crippen LogP contribution in [-0.2, 0) is 0 Å². The molecule has 0 saturated heterocycles. The van der Waals surface area contributed by atoms with E-state index < -0.39 is 5.60 Å². The molecule has 24 heavy (non-hydrogen) atoms. The number of rotatable bonds is 7. The first-order valence-electron chi connectivity index (χ1n) is 8.15. The van der Waals surface area contributed by atoms with Crippen LogP contribution in [0, 0.1) is 0 Å². The van der Waals surface area contributed by atoms with Crippen LogP contribution in [0.15, 0.2) is 36.5 Å². The van der Waals surface area contributed by atoms with Crippen LogP contribution in [0.5, 0.6) is 5.75 Å². The van der Waals surface area contributed by atoms with Gasteiger partial charge in [0, 0.05) is 13.1 Å². The van der Waals surface area contributed by atoms with Crippen LogP contribution in [0.1, 0.15) is 38.2 Å². The Balaban J connectivity index is 2.37. The summed E-state index contributed by atoms with van der Waals surface area (Å²) in [5.41, 5.74) is 0.134. The minimum absolute atomic E-state index is 0.228. The molecule has 1 aromatic heterocycles. The molecule has 0 bridgehead atoms. The summed E-state index contributed by atoms with van der Waals surface area (Å²) in [6.07, 6.45) is 1.71. The van der Waals surface area contributed by atoms with Crippen LogP contribution in [0.2, 0.25) is 0 Å². The van der Waals surface area contributed by atoms with E-state index in [9.17, 15) is 9.90 Å². The van der Waals surface area contributed by atoms with E-state index >= 15 is 0 Å². The molecule has 0 saturated carbocycles. The lowest BCUT2D eigenvalue weighted by atomic mass is 10.1. The van der Waals surface area contributed by atoms with Crippen molar-refractivity contribution in [3.63, 3.8) is 0 Å². The van der Waals surface area contributed by atoms with Gasteiger partial charge in [-0.05, 0) is 39.8 Å². The third-order valence-corrected chi connectivity index (χ3v) is 3.45. The molecule has 0 spiro atoms. The predicted molar refractivity (Wildman–Crippen MR) is 92.6 cm³/mol. The molecule has 2 aromatic rings. The first-order valence-corrected chi connectivity index (χ1v) is 8.15. The maximum absolute atomic E-state index is 12.9. The molecule has 0 radical (unpaired) electrons. The zero-order valence-electron chi connectivity index (χ0n) is 14.7. The number of aliphatic hydroxyl groups is 1. The van der Waals surface area contributed by atoms with E-state index in [1.807, 2.05) is 44.2 Å². The van der Waals surface area contributed by atoms with Crippen LogP contribution in [0.3, 0.4) is 0 Å². The Morgan fingerprint density at radius 1 is 1.29 bits per heavy atom. The molecule has 1 amide bonds. The first-order chi connectivity index (χ1) is 11.4. The SMILES string of the molecule is CCOc1cn(-c2ccccc2)nc1C(=O)N(CC)CC(C)(C)O. The number of para-hydroxylation sites is 1. The largest absolute Gasteiger partial charge is 0.490 e. The molecule has 0 aliphatic rings. The highest BCUT2D eigenvalue weighted by Crippen LogP contribution is 2.22. The summed E-state index contributed by atoms with van der Waals surface area (Å²) in [6.45, 7) is 8.24. The van der Waals surface area contributed by atoms with E-state index in [1.165, 1.54) is 0 Å². The Morgan fingerprint density at radius 2 is 1.96 bits per heavy atom. The van der Waals surface area contributed by atoms with Crippen LogP contribution < -0.4 is 4.74 Å². The lowest BCUT2D eigenvalue weighted by Crippen LogP contribution is -2.42. The van der Waals surface area contributed by atoms with Gasteiger partial charge < -0.3 is 14.7 Å². The normalized spacial score (nSPS) is 11.4. The van der Waals surface area contributed by atoms with E-state index in [1.54, 1.807) is 29.6 Å². The monoisotopic (exact) mass is 331 g/mol. The summed E-state index contributed by atoms with van der Waals surface area (Å²) in [5, 5.41) is 14.4. The van der Waals surface area contributed by atoms with Gasteiger partial charge in [-0.3, -0.25) is 4.79 Å². The number of amides is 1. The maximum Gasteiger partial charge on any atom is 0.278 e. The Labute approximate surface area is 142 Å². The fourth-order valence-electron chi connectivity index (χ4n) is 2.42. The fourth-order valence-corrected chi connectivity index (χ4v) is 2.42. The number of benzene rings is 1. The summed E-state index contributed by atoms with van der Waals surface area (Å²) in [4.78, 5) is 14.4. The average Bonchev–Trinajstić information content (AvgIpc) is 2.96. The highest BCUT2D eigenvalue weighted by atomic mass is 16.5. The van der Waals surface area contributed by atoms with Gasteiger partial charge in [-0.25, -0.2) is 4.68 Å². The molecule has 1 heterocycles. The van der Waals surface area contributed by atoms with E-state index in [0.717, 1.165) is 5.69 Å². The number of likely N-dealkylation sites (N-methyl/N-ethyl adjacent to an activating group) is 1. The molecule has 6 nitrogen and oxygen atoms in total. The van der Waals surface area contributed by atoms with E-state index in [2.05, 4.69) is 5.10 Å². The average molecular weight is 331 g/mol. The number of hydrogen-bond donors (Lipinski definition) is 1. The van der Waals surface area contributed by atoms with Crippen molar-refractivity contribution < 1.29 is 14.6 Å². The van der Waals surface area contributed by atoms with Gasteiger partial charge in [0.05, 0.1) is 24.1 Å². The summed E-state index contributed by atoms with van der Waals surface area (Å²) in [7, 11) is 0. The molecule has 1 aromatic carbocycles. The lowest BCUT2D eigenvalue weighted by molar-refractivity contribution is 0.0309. The van der Waals surface area contributed by atoms with Gasteiger partial charge in [-0.15, -0.1) is 0 Å². The second-order valence-electron chi connectivity index (χ2n) is 6.19. The second-order valence-corrected chi connectivity index (χ2v) is 6.19. The van der Waals surface area contributed by atoms with Crippen molar-refractivity contribution in [3.05, 3.63) is 42.2 Å². The molecule has 0 atom stereocenters. The van der Waals surface area contributed by atoms with Gasteiger partial charge in [0.1, 0.15) is 0 Å². The highest BCUT2D eigenvalue weighted by Gasteiger charge is 2.27. The van der Waals surface area contributed by atoms with Crippen molar-refractivity contribution in [2.75, 3.05) is 19.7 Å². The summed E-state index contributed by atoms with van der Waals surface area (Å²) >= 11 is 0. The fraction of sp³-hybridized carbons (Fsp3) is 0.444. The standard InChI is InChI=1S/C18H25N3O3/c1-5-20(13-18(3,4)23)17(22)16-15(24-6-2)12-21(19-16)14-10-8-7-9-11-14/h7-12,23H,5-6,13H2,1-4H3. The van der Waals surface area contributed by atoms with Crippen LogP contribution in [0.4, 0.5) is 0 Å². The zero-order valence-corrected chi connectivity index (χ0v) is 14.7. The topological polar surface area (TPSA) is 67.6 Å². The smallest absolute Gasteiger partial charge is 0.278 e. The molecular weight excluding hydrogens is 306 g/mol. The van der Waals surface area contributed by atoms with E-state index in [0.29, 0.717) is 18.9 Å². The highest BCUT2D eigenvalue weighted by molar-refractivity contribution is 5.95. The van der Waals surface area contributed by atoms with Gasteiger partial charge in [-0.2, -0.15) is 5.10 Å². The third kappa shape index (κ3) is 4.35. The number of carbonyl (C=O) groups excluding carboxylic acids is 1. The van der Waals surface area contributed by atoms with Gasteiger partial charge in [0.15, 0.2) is 11.4 Å². The predicted octanol–water partition coefficient (Wildman–Crippen LogP) is 2.50. The molecule has 130 valence electrons. The van der Waals surface area contributed by atoms with Crippen LogP contribution in [-0.4, -0.2) is 51.0 Å².